The summed E-state index contributed by atoms with van der Waals surface area (Å²) in [6, 6.07) is 2.02. The molecule has 1 aliphatic heterocycles. The van der Waals surface area contributed by atoms with E-state index in [0.717, 1.165) is 42.5 Å². The SMILES string of the molecule is CCc1nc(C)cc(N2C[C@@H](OC)[C@H](c3cn[nH]n3)C2)n1. The molecule has 0 aromatic carbocycles. The number of anilines is 1. The highest BCUT2D eigenvalue weighted by Crippen LogP contribution is 2.30. The predicted octanol–water partition coefficient (Wildman–Crippen LogP) is 1.08. The maximum Gasteiger partial charge on any atom is 0.132 e. The number of H-pyrrole nitrogens is 1. The molecular formula is C14H20N6O. The fourth-order valence-corrected chi connectivity index (χ4v) is 2.81. The first-order valence-corrected chi connectivity index (χ1v) is 7.19. The molecule has 0 unspecified atom stereocenters. The molecule has 2 aromatic heterocycles. The topological polar surface area (TPSA) is 79.8 Å². The van der Waals surface area contributed by atoms with Gasteiger partial charge in [0, 0.05) is 38.4 Å². The Morgan fingerprint density at radius 1 is 1.38 bits per heavy atom. The van der Waals surface area contributed by atoms with Crippen molar-refractivity contribution in [1.82, 2.24) is 25.4 Å². The molecular weight excluding hydrogens is 268 g/mol. The lowest BCUT2D eigenvalue weighted by Crippen LogP contribution is -2.23. The first-order valence-electron chi connectivity index (χ1n) is 7.19. The van der Waals surface area contributed by atoms with Gasteiger partial charge in [-0.1, -0.05) is 6.92 Å². The molecule has 0 amide bonds. The van der Waals surface area contributed by atoms with Crippen molar-refractivity contribution in [1.29, 1.82) is 0 Å². The Kier molecular flexibility index (Phi) is 3.83. The molecule has 112 valence electrons. The van der Waals surface area contributed by atoms with Crippen molar-refractivity contribution < 1.29 is 4.74 Å². The number of rotatable bonds is 4. The van der Waals surface area contributed by atoms with Gasteiger partial charge in [-0.3, -0.25) is 0 Å². The lowest BCUT2D eigenvalue weighted by atomic mass is 10.0. The van der Waals surface area contributed by atoms with Gasteiger partial charge in [-0.15, -0.1) is 0 Å². The Balaban J connectivity index is 1.86. The summed E-state index contributed by atoms with van der Waals surface area (Å²) < 4.78 is 5.62. The minimum absolute atomic E-state index is 0.0930. The summed E-state index contributed by atoms with van der Waals surface area (Å²) in [4.78, 5) is 11.3. The molecule has 0 bridgehead atoms. The third-order valence-corrected chi connectivity index (χ3v) is 3.91. The fourth-order valence-electron chi connectivity index (χ4n) is 2.81. The molecule has 0 saturated carbocycles. The molecule has 21 heavy (non-hydrogen) atoms. The molecule has 0 aliphatic carbocycles. The zero-order chi connectivity index (χ0) is 14.8. The highest BCUT2D eigenvalue weighted by Gasteiger charge is 2.36. The second kappa shape index (κ2) is 5.77. The number of nitrogens with zero attached hydrogens (tertiary/aromatic N) is 5. The van der Waals surface area contributed by atoms with Crippen LogP contribution in [0.3, 0.4) is 0 Å². The lowest BCUT2D eigenvalue weighted by molar-refractivity contribution is 0.105. The first-order chi connectivity index (χ1) is 10.2. The van der Waals surface area contributed by atoms with Crippen LogP contribution >= 0.6 is 0 Å². The molecule has 0 radical (unpaired) electrons. The van der Waals surface area contributed by atoms with Crippen molar-refractivity contribution >= 4 is 5.82 Å². The number of aryl methyl sites for hydroxylation is 2. The van der Waals surface area contributed by atoms with Gasteiger partial charge in [-0.2, -0.15) is 15.4 Å². The first kappa shape index (κ1) is 13.9. The van der Waals surface area contributed by atoms with Crippen molar-refractivity contribution in [3.63, 3.8) is 0 Å². The van der Waals surface area contributed by atoms with E-state index in [1.807, 2.05) is 13.0 Å². The van der Waals surface area contributed by atoms with Crippen molar-refractivity contribution in [2.24, 2.45) is 0 Å². The van der Waals surface area contributed by atoms with Gasteiger partial charge in [-0.25, -0.2) is 9.97 Å². The maximum absolute atomic E-state index is 5.62. The maximum atomic E-state index is 5.62. The lowest BCUT2D eigenvalue weighted by Gasteiger charge is -2.18. The second-order valence-electron chi connectivity index (χ2n) is 5.32. The summed E-state index contributed by atoms with van der Waals surface area (Å²) in [5.41, 5.74) is 1.93. The van der Waals surface area contributed by atoms with Crippen LogP contribution in [-0.2, 0) is 11.2 Å². The number of nitrogens with one attached hydrogen (secondary N) is 1. The number of hydrogen-bond acceptors (Lipinski definition) is 6. The Morgan fingerprint density at radius 2 is 2.24 bits per heavy atom. The van der Waals surface area contributed by atoms with Gasteiger partial charge in [0.15, 0.2) is 0 Å². The molecule has 7 heteroatoms. The van der Waals surface area contributed by atoms with E-state index in [1.165, 1.54) is 0 Å². The summed E-state index contributed by atoms with van der Waals surface area (Å²) in [6.45, 7) is 5.69. The molecule has 7 nitrogen and oxygen atoms in total. The van der Waals surface area contributed by atoms with Crippen molar-refractivity contribution in [2.45, 2.75) is 32.3 Å². The number of methoxy groups -OCH3 is 1. The average Bonchev–Trinajstić information content (AvgIpc) is 3.15. The van der Waals surface area contributed by atoms with E-state index in [2.05, 4.69) is 37.2 Å². The number of hydrogen-bond donors (Lipinski definition) is 1. The van der Waals surface area contributed by atoms with Crippen molar-refractivity contribution in [3.8, 4) is 0 Å². The van der Waals surface area contributed by atoms with Gasteiger partial charge < -0.3 is 9.64 Å². The van der Waals surface area contributed by atoms with E-state index < -0.39 is 0 Å². The van der Waals surface area contributed by atoms with Crippen LogP contribution in [0.1, 0.15) is 30.1 Å². The second-order valence-corrected chi connectivity index (χ2v) is 5.32. The summed E-state index contributed by atoms with van der Waals surface area (Å²) in [7, 11) is 1.74. The molecule has 1 fully saturated rings. The van der Waals surface area contributed by atoms with Crippen LogP contribution in [-0.4, -0.2) is 51.7 Å². The highest BCUT2D eigenvalue weighted by molar-refractivity contribution is 5.43. The Hall–Kier alpha value is -2.02. The van der Waals surface area contributed by atoms with Gasteiger partial charge in [0.25, 0.3) is 0 Å². The summed E-state index contributed by atoms with van der Waals surface area (Å²) in [6.07, 6.45) is 2.70. The number of aromatic amines is 1. The smallest absolute Gasteiger partial charge is 0.132 e. The van der Waals surface area contributed by atoms with Crippen LogP contribution in [0.15, 0.2) is 12.3 Å². The quantitative estimate of drug-likeness (QED) is 0.907. The van der Waals surface area contributed by atoms with E-state index >= 15 is 0 Å². The molecule has 2 aromatic rings. The van der Waals surface area contributed by atoms with E-state index in [9.17, 15) is 0 Å². The van der Waals surface area contributed by atoms with E-state index in [-0.39, 0.29) is 12.0 Å². The molecule has 0 spiro atoms. The van der Waals surface area contributed by atoms with Crippen molar-refractivity contribution in [3.05, 3.63) is 29.5 Å². The third-order valence-electron chi connectivity index (χ3n) is 3.91. The molecule has 1 N–H and O–H groups in total. The summed E-state index contributed by atoms with van der Waals surface area (Å²) in [5.74, 6) is 2.05. The molecule has 1 saturated heterocycles. The van der Waals surface area contributed by atoms with E-state index in [4.69, 9.17) is 4.74 Å². The fraction of sp³-hybridized carbons (Fsp3) is 0.571. The summed E-state index contributed by atoms with van der Waals surface area (Å²) >= 11 is 0. The number of ether oxygens (including phenoxy) is 1. The Bertz CT molecular complexity index is 600. The molecule has 3 rings (SSSR count). The van der Waals surface area contributed by atoms with Crippen LogP contribution < -0.4 is 4.90 Å². The van der Waals surface area contributed by atoms with Crippen LogP contribution in [0.5, 0.6) is 0 Å². The van der Waals surface area contributed by atoms with Gasteiger partial charge >= 0.3 is 0 Å². The minimum Gasteiger partial charge on any atom is -0.379 e. The van der Waals surface area contributed by atoms with Crippen LogP contribution in [0.2, 0.25) is 0 Å². The molecule has 2 atom stereocenters. The zero-order valence-electron chi connectivity index (χ0n) is 12.6. The third kappa shape index (κ3) is 2.73. The van der Waals surface area contributed by atoms with Crippen molar-refractivity contribution in [2.75, 3.05) is 25.1 Å². The zero-order valence-corrected chi connectivity index (χ0v) is 12.6. The largest absolute Gasteiger partial charge is 0.379 e. The van der Waals surface area contributed by atoms with Crippen LogP contribution in [0.25, 0.3) is 0 Å². The Labute approximate surface area is 123 Å². The Morgan fingerprint density at radius 3 is 2.90 bits per heavy atom. The minimum atomic E-state index is 0.0930. The van der Waals surface area contributed by atoms with Gasteiger partial charge in [0.2, 0.25) is 0 Å². The normalized spacial score (nSPS) is 22.0. The molecule has 1 aliphatic rings. The summed E-state index contributed by atoms with van der Waals surface area (Å²) in [5, 5.41) is 10.8. The van der Waals surface area contributed by atoms with Crippen LogP contribution in [0.4, 0.5) is 5.82 Å². The highest BCUT2D eigenvalue weighted by atomic mass is 16.5. The standard InChI is InChI=1S/C14H20N6O/c1-4-13-16-9(2)5-14(17-13)20-7-10(12(8-20)21-3)11-6-15-19-18-11/h5-6,10,12H,4,7-8H2,1-3H3,(H,15,18,19)/t10-,12+/m0/s1. The number of aromatic nitrogens is 5. The van der Waals surface area contributed by atoms with Gasteiger partial charge in [-0.05, 0) is 6.92 Å². The predicted molar refractivity (Wildman–Crippen MR) is 78.3 cm³/mol. The van der Waals surface area contributed by atoms with E-state index in [0.29, 0.717) is 0 Å². The molecule has 3 heterocycles. The van der Waals surface area contributed by atoms with Gasteiger partial charge in [0.05, 0.1) is 23.9 Å². The van der Waals surface area contributed by atoms with Gasteiger partial charge in [0.1, 0.15) is 11.6 Å². The van der Waals surface area contributed by atoms with E-state index in [1.54, 1.807) is 13.3 Å². The average molecular weight is 288 g/mol. The monoisotopic (exact) mass is 288 g/mol. The van der Waals surface area contributed by atoms with Crippen LogP contribution in [0, 0.1) is 6.92 Å².